The van der Waals surface area contributed by atoms with Crippen LogP contribution in [0.5, 0.6) is 5.75 Å². The monoisotopic (exact) mass is 388 g/mol. The molecule has 0 radical (unpaired) electrons. The summed E-state index contributed by atoms with van der Waals surface area (Å²) in [5, 5.41) is 7.90. The predicted octanol–water partition coefficient (Wildman–Crippen LogP) is 3.47. The summed E-state index contributed by atoms with van der Waals surface area (Å²) in [6.45, 7) is 0.586. The van der Waals surface area contributed by atoms with Gasteiger partial charge in [0.1, 0.15) is 5.75 Å². The lowest BCUT2D eigenvalue weighted by Gasteiger charge is -2.09. The third-order valence-electron chi connectivity index (χ3n) is 4.97. The van der Waals surface area contributed by atoms with Crippen molar-refractivity contribution in [2.24, 2.45) is 0 Å². The summed E-state index contributed by atoms with van der Waals surface area (Å²) >= 11 is 0. The van der Waals surface area contributed by atoms with Crippen molar-refractivity contribution in [3.8, 4) is 5.75 Å². The van der Waals surface area contributed by atoms with Gasteiger partial charge in [-0.25, -0.2) is 0 Å². The van der Waals surface area contributed by atoms with Crippen LogP contribution in [0, 0.1) is 0 Å². The Labute approximate surface area is 170 Å². The van der Waals surface area contributed by atoms with Crippen molar-refractivity contribution >= 4 is 22.6 Å². The van der Waals surface area contributed by atoms with Crippen LogP contribution in [0.4, 0.5) is 0 Å². The number of hydrogen-bond acceptors (Lipinski definition) is 3. The first kappa shape index (κ1) is 19.0. The number of carbonyl (C=O) groups is 2. The van der Waals surface area contributed by atoms with Crippen molar-refractivity contribution in [1.82, 2.24) is 10.6 Å². The molecule has 2 amide bonds. The Morgan fingerprint density at radius 2 is 1.69 bits per heavy atom. The van der Waals surface area contributed by atoms with Gasteiger partial charge >= 0.3 is 0 Å². The van der Waals surface area contributed by atoms with E-state index in [1.54, 1.807) is 0 Å². The molecule has 0 atom stereocenters. The third-order valence-corrected chi connectivity index (χ3v) is 4.97. The Hall–Kier alpha value is -3.34. The number of carbonyl (C=O) groups excluding carboxylic acids is 2. The first-order valence-electron chi connectivity index (χ1n) is 9.96. The zero-order valence-electron chi connectivity index (χ0n) is 16.2. The molecule has 0 aliphatic heterocycles. The highest BCUT2D eigenvalue weighted by Crippen LogP contribution is 2.19. The summed E-state index contributed by atoms with van der Waals surface area (Å²) in [6.07, 6.45) is 2.86. The van der Waals surface area contributed by atoms with Gasteiger partial charge < -0.3 is 15.4 Å². The van der Waals surface area contributed by atoms with Gasteiger partial charge in [-0.2, -0.15) is 0 Å². The number of rotatable bonds is 8. The fourth-order valence-electron chi connectivity index (χ4n) is 3.24. The SMILES string of the molecule is O=C(COc1ccc(CCNC(=O)c2cccc3ccccc23)cc1)NC1CC1. The summed E-state index contributed by atoms with van der Waals surface area (Å²) in [5.74, 6) is 0.524. The average molecular weight is 388 g/mol. The fourth-order valence-corrected chi connectivity index (χ4v) is 3.24. The highest BCUT2D eigenvalue weighted by atomic mass is 16.5. The number of amides is 2. The standard InChI is InChI=1S/C24H24N2O3/c27-23(26-19-10-11-19)16-29-20-12-8-17(9-13-20)14-15-25-24(28)22-7-3-5-18-4-1-2-6-21(18)22/h1-9,12-13,19H,10-11,14-16H2,(H,25,28)(H,26,27). The Balaban J connectivity index is 1.25. The molecule has 0 aromatic heterocycles. The lowest BCUT2D eigenvalue weighted by molar-refractivity contribution is -0.123. The van der Waals surface area contributed by atoms with Gasteiger partial charge in [-0.3, -0.25) is 9.59 Å². The van der Waals surface area contributed by atoms with Crippen LogP contribution in [0.15, 0.2) is 66.7 Å². The molecule has 3 aromatic rings. The predicted molar refractivity (Wildman–Crippen MR) is 113 cm³/mol. The van der Waals surface area contributed by atoms with Gasteiger partial charge in [0.25, 0.3) is 11.8 Å². The van der Waals surface area contributed by atoms with Crippen molar-refractivity contribution in [3.05, 3.63) is 77.9 Å². The van der Waals surface area contributed by atoms with E-state index >= 15 is 0 Å². The Kier molecular flexibility index (Phi) is 5.75. The molecule has 1 fully saturated rings. The second-order valence-electron chi connectivity index (χ2n) is 7.31. The van der Waals surface area contributed by atoms with Crippen LogP contribution in [0.1, 0.15) is 28.8 Å². The first-order valence-corrected chi connectivity index (χ1v) is 9.96. The van der Waals surface area contributed by atoms with Crippen molar-refractivity contribution in [2.75, 3.05) is 13.2 Å². The van der Waals surface area contributed by atoms with Crippen LogP contribution in [-0.2, 0) is 11.2 Å². The highest BCUT2D eigenvalue weighted by molar-refractivity contribution is 6.06. The summed E-state index contributed by atoms with van der Waals surface area (Å²) in [5.41, 5.74) is 1.79. The number of hydrogen-bond donors (Lipinski definition) is 2. The van der Waals surface area contributed by atoms with E-state index in [0.29, 0.717) is 23.9 Å². The second-order valence-corrected chi connectivity index (χ2v) is 7.31. The molecule has 5 nitrogen and oxygen atoms in total. The number of benzene rings is 3. The molecular weight excluding hydrogens is 364 g/mol. The van der Waals surface area contributed by atoms with E-state index in [0.717, 1.165) is 35.6 Å². The Bertz CT molecular complexity index is 1000. The van der Waals surface area contributed by atoms with Gasteiger partial charge in [0.2, 0.25) is 0 Å². The maximum Gasteiger partial charge on any atom is 0.258 e. The minimum Gasteiger partial charge on any atom is -0.484 e. The van der Waals surface area contributed by atoms with Crippen molar-refractivity contribution < 1.29 is 14.3 Å². The highest BCUT2D eigenvalue weighted by Gasteiger charge is 2.23. The molecule has 29 heavy (non-hydrogen) atoms. The van der Waals surface area contributed by atoms with Crippen LogP contribution >= 0.6 is 0 Å². The van der Waals surface area contributed by atoms with Gasteiger partial charge in [0.15, 0.2) is 6.61 Å². The minimum absolute atomic E-state index is 0.0386. The quantitative estimate of drug-likeness (QED) is 0.621. The van der Waals surface area contributed by atoms with E-state index in [9.17, 15) is 9.59 Å². The molecule has 0 saturated heterocycles. The van der Waals surface area contributed by atoms with E-state index < -0.39 is 0 Å². The summed E-state index contributed by atoms with van der Waals surface area (Å²) in [7, 11) is 0. The normalized spacial score (nSPS) is 13.1. The zero-order valence-corrected chi connectivity index (χ0v) is 16.2. The van der Waals surface area contributed by atoms with Crippen LogP contribution in [0.3, 0.4) is 0 Å². The molecule has 3 aromatic carbocycles. The first-order chi connectivity index (χ1) is 14.2. The average Bonchev–Trinajstić information content (AvgIpc) is 3.56. The Morgan fingerprint density at radius 3 is 2.48 bits per heavy atom. The van der Waals surface area contributed by atoms with E-state index in [2.05, 4.69) is 10.6 Å². The van der Waals surface area contributed by atoms with Gasteiger partial charge in [-0.1, -0.05) is 48.5 Å². The van der Waals surface area contributed by atoms with Gasteiger partial charge in [-0.15, -0.1) is 0 Å². The number of fused-ring (bicyclic) bond motifs is 1. The molecule has 148 valence electrons. The molecule has 2 N–H and O–H groups in total. The zero-order chi connectivity index (χ0) is 20.1. The molecule has 0 heterocycles. The largest absolute Gasteiger partial charge is 0.484 e. The van der Waals surface area contributed by atoms with E-state index in [4.69, 9.17) is 4.74 Å². The number of ether oxygens (including phenoxy) is 1. The third kappa shape index (κ3) is 5.13. The molecule has 5 heteroatoms. The number of nitrogens with one attached hydrogen (secondary N) is 2. The van der Waals surface area contributed by atoms with Crippen molar-refractivity contribution in [3.63, 3.8) is 0 Å². The molecule has 0 bridgehead atoms. The van der Waals surface area contributed by atoms with Gasteiger partial charge in [-0.05, 0) is 53.8 Å². The van der Waals surface area contributed by atoms with Crippen molar-refractivity contribution in [2.45, 2.75) is 25.3 Å². The molecular formula is C24H24N2O3. The maximum absolute atomic E-state index is 12.6. The van der Waals surface area contributed by atoms with Gasteiger partial charge in [0.05, 0.1) is 0 Å². The smallest absolute Gasteiger partial charge is 0.258 e. The van der Waals surface area contributed by atoms with Crippen molar-refractivity contribution in [1.29, 1.82) is 0 Å². The van der Waals surface area contributed by atoms with E-state index in [1.165, 1.54) is 0 Å². The van der Waals surface area contributed by atoms with Crippen LogP contribution in [0.2, 0.25) is 0 Å². The second kappa shape index (κ2) is 8.78. The topological polar surface area (TPSA) is 67.4 Å². The Morgan fingerprint density at radius 1 is 0.931 bits per heavy atom. The molecule has 1 saturated carbocycles. The molecule has 0 unspecified atom stereocenters. The maximum atomic E-state index is 12.6. The van der Waals surface area contributed by atoms with Crippen LogP contribution < -0.4 is 15.4 Å². The van der Waals surface area contributed by atoms with Crippen LogP contribution in [0.25, 0.3) is 10.8 Å². The van der Waals surface area contributed by atoms with E-state index in [1.807, 2.05) is 66.7 Å². The summed E-state index contributed by atoms with van der Waals surface area (Å²) < 4.78 is 5.51. The van der Waals surface area contributed by atoms with Crippen LogP contribution in [-0.4, -0.2) is 31.0 Å². The lowest BCUT2D eigenvalue weighted by atomic mass is 10.0. The molecule has 0 spiro atoms. The summed E-state index contributed by atoms with van der Waals surface area (Å²) in [6, 6.07) is 21.6. The lowest BCUT2D eigenvalue weighted by Crippen LogP contribution is -2.30. The minimum atomic E-state index is -0.0762. The molecule has 4 rings (SSSR count). The van der Waals surface area contributed by atoms with Gasteiger partial charge in [0, 0.05) is 18.2 Å². The molecule has 1 aliphatic rings. The molecule has 1 aliphatic carbocycles. The summed E-state index contributed by atoms with van der Waals surface area (Å²) in [4.78, 5) is 24.2. The fraction of sp³-hybridized carbons (Fsp3) is 0.250. The van der Waals surface area contributed by atoms with E-state index in [-0.39, 0.29) is 18.4 Å².